The van der Waals surface area contributed by atoms with Gasteiger partial charge in [-0.25, -0.2) is 17.5 Å². The van der Waals surface area contributed by atoms with Crippen LogP contribution < -0.4 is 10.5 Å². The summed E-state index contributed by atoms with van der Waals surface area (Å²) in [6.07, 6.45) is 0.794. The van der Waals surface area contributed by atoms with Crippen molar-refractivity contribution in [3.63, 3.8) is 0 Å². The van der Waals surface area contributed by atoms with E-state index < -0.39 is 20.7 Å². The first-order valence-electron chi connectivity index (χ1n) is 6.47. The first kappa shape index (κ1) is 15.2. The fraction of sp³-hybridized carbons (Fsp3) is 0.538. The van der Waals surface area contributed by atoms with Gasteiger partial charge in [0.1, 0.15) is 10.7 Å². The highest BCUT2D eigenvalue weighted by molar-refractivity contribution is 7.89. The second-order valence-corrected chi connectivity index (χ2v) is 6.87. The zero-order chi connectivity index (χ0) is 14.9. The van der Waals surface area contributed by atoms with Gasteiger partial charge in [-0.05, 0) is 38.0 Å². The number of rotatable bonds is 4. The predicted octanol–water partition coefficient (Wildman–Crippen LogP) is 1.42. The van der Waals surface area contributed by atoms with Crippen molar-refractivity contribution in [2.75, 3.05) is 18.9 Å². The molecular weight excluding hydrogens is 283 g/mol. The van der Waals surface area contributed by atoms with E-state index in [0.717, 1.165) is 12.5 Å². The molecule has 1 aromatic carbocycles. The lowest BCUT2D eigenvalue weighted by atomic mass is 10.0. The average molecular weight is 302 g/mol. The van der Waals surface area contributed by atoms with Gasteiger partial charge in [-0.2, -0.15) is 0 Å². The van der Waals surface area contributed by atoms with Crippen LogP contribution in [-0.2, 0) is 14.8 Å². The van der Waals surface area contributed by atoms with Gasteiger partial charge in [0, 0.05) is 24.3 Å². The molecule has 20 heavy (non-hydrogen) atoms. The Hall–Kier alpha value is -1.18. The number of halogens is 1. The van der Waals surface area contributed by atoms with Crippen LogP contribution in [0, 0.1) is 18.7 Å². The smallest absolute Gasteiger partial charge is 0.243 e. The number of nitrogens with one attached hydrogen (secondary N) is 1. The molecule has 0 saturated carbocycles. The third-order valence-electron chi connectivity index (χ3n) is 3.55. The molecule has 1 aliphatic rings. The minimum atomic E-state index is -3.93. The van der Waals surface area contributed by atoms with E-state index in [1.54, 1.807) is 6.92 Å². The first-order chi connectivity index (χ1) is 9.31. The summed E-state index contributed by atoms with van der Waals surface area (Å²) in [5, 5.41) is 0. The Morgan fingerprint density at radius 2 is 2.20 bits per heavy atom. The van der Waals surface area contributed by atoms with Gasteiger partial charge in [0.25, 0.3) is 0 Å². The van der Waals surface area contributed by atoms with Crippen LogP contribution in [0.5, 0.6) is 0 Å². The second kappa shape index (κ2) is 5.67. The standard InChI is InChI=1S/C13H19FN2O3S/c1-8-5-11(15)6-12(13(8)14)20(17,18)16-9(2)10-3-4-19-7-10/h5-6,9-10,16H,3-4,7,15H2,1-2H3. The van der Waals surface area contributed by atoms with E-state index in [-0.39, 0.29) is 23.2 Å². The number of sulfonamides is 1. The number of hydrogen-bond acceptors (Lipinski definition) is 4. The summed E-state index contributed by atoms with van der Waals surface area (Å²) >= 11 is 0. The number of anilines is 1. The molecule has 0 bridgehead atoms. The molecule has 1 heterocycles. The predicted molar refractivity (Wildman–Crippen MR) is 74.3 cm³/mol. The van der Waals surface area contributed by atoms with Crippen molar-refractivity contribution in [2.24, 2.45) is 5.92 Å². The van der Waals surface area contributed by atoms with Crippen molar-refractivity contribution >= 4 is 15.7 Å². The highest BCUT2D eigenvalue weighted by atomic mass is 32.2. The molecule has 1 fully saturated rings. The third-order valence-corrected chi connectivity index (χ3v) is 5.10. The minimum absolute atomic E-state index is 0.106. The SMILES string of the molecule is Cc1cc(N)cc(S(=O)(=O)NC(C)C2CCOC2)c1F. The van der Waals surface area contributed by atoms with E-state index in [1.807, 2.05) is 0 Å². The summed E-state index contributed by atoms with van der Waals surface area (Å²) in [4.78, 5) is -0.402. The van der Waals surface area contributed by atoms with Gasteiger partial charge in [0.2, 0.25) is 10.0 Å². The minimum Gasteiger partial charge on any atom is -0.399 e. The topological polar surface area (TPSA) is 81.4 Å². The fourth-order valence-corrected chi connectivity index (χ4v) is 3.81. The van der Waals surface area contributed by atoms with Crippen LogP contribution in [0.4, 0.5) is 10.1 Å². The molecule has 1 aromatic rings. The van der Waals surface area contributed by atoms with Crippen LogP contribution in [0.3, 0.4) is 0 Å². The van der Waals surface area contributed by atoms with Crippen LogP contribution in [-0.4, -0.2) is 27.7 Å². The van der Waals surface area contributed by atoms with E-state index >= 15 is 0 Å². The van der Waals surface area contributed by atoms with Gasteiger partial charge < -0.3 is 10.5 Å². The molecule has 2 atom stereocenters. The van der Waals surface area contributed by atoms with Gasteiger partial charge in [0.15, 0.2) is 0 Å². The number of hydrogen-bond donors (Lipinski definition) is 2. The van der Waals surface area contributed by atoms with Crippen LogP contribution in [0.15, 0.2) is 17.0 Å². The van der Waals surface area contributed by atoms with E-state index in [0.29, 0.717) is 13.2 Å². The summed E-state index contributed by atoms with van der Waals surface area (Å²) in [7, 11) is -3.93. The number of nitrogens with two attached hydrogens (primary N) is 1. The quantitative estimate of drug-likeness (QED) is 0.824. The molecular formula is C13H19FN2O3S. The van der Waals surface area contributed by atoms with Gasteiger partial charge in [0.05, 0.1) is 6.61 Å². The van der Waals surface area contributed by atoms with Gasteiger partial charge in [-0.15, -0.1) is 0 Å². The van der Waals surface area contributed by atoms with Crippen LogP contribution >= 0.6 is 0 Å². The molecule has 0 aromatic heterocycles. The zero-order valence-corrected chi connectivity index (χ0v) is 12.3. The number of nitrogen functional groups attached to an aromatic ring is 1. The highest BCUT2D eigenvalue weighted by Crippen LogP contribution is 2.23. The maximum Gasteiger partial charge on any atom is 0.243 e. The Morgan fingerprint density at radius 3 is 2.80 bits per heavy atom. The molecule has 7 heteroatoms. The van der Waals surface area contributed by atoms with Crippen LogP contribution in [0.1, 0.15) is 18.9 Å². The monoisotopic (exact) mass is 302 g/mol. The molecule has 112 valence electrons. The Bertz CT molecular complexity index is 598. The molecule has 0 radical (unpaired) electrons. The lowest BCUT2D eigenvalue weighted by Gasteiger charge is -2.19. The molecule has 5 nitrogen and oxygen atoms in total. The summed E-state index contributed by atoms with van der Waals surface area (Å²) in [5.41, 5.74) is 6.03. The molecule has 0 spiro atoms. The Kier molecular flexibility index (Phi) is 4.31. The summed E-state index contributed by atoms with van der Waals surface area (Å²) in [6.45, 7) is 4.39. The second-order valence-electron chi connectivity index (χ2n) is 5.18. The first-order valence-corrected chi connectivity index (χ1v) is 7.95. The van der Waals surface area contributed by atoms with Crippen molar-refractivity contribution in [2.45, 2.75) is 31.2 Å². The molecule has 1 saturated heterocycles. The fourth-order valence-electron chi connectivity index (χ4n) is 2.31. The normalized spacial score (nSPS) is 21.1. The maximum atomic E-state index is 14.0. The summed E-state index contributed by atoms with van der Waals surface area (Å²) in [5.74, 6) is -0.656. The third kappa shape index (κ3) is 3.11. The zero-order valence-electron chi connectivity index (χ0n) is 11.5. The van der Waals surface area contributed by atoms with E-state index in [2.05, 4.69) is 4.72 Å². The maximum absolute atomic E-state index is 14.0. The van der Waals surface area contributed by atoms with E-state index in [4.69, 9.17) is 10.5 Å². The molecule has 2 unspecified atom stereocenters. The van der Waals surface area contributed by atoms with Crippen LogP contribution in [0.2, 0.25) is 0 Å². The summed E-state index contributed by atoms with van der Waals surface area (Å²) < 4.78 is 46.3. The Morgan fingerprint density at radius 1 is 1.50 bits per heavy atom. The van der Waals surface area contributed by atoms with Crippen molar-refractivity contribution in [3.05, 3.63) is 23.5 Å². The number of benzene rings is 1. The molecule has 1 aliphatic heterocycles. The lowest BCUT2D eigenvalue weighted by Crippen LogP contribution is -2.38. The molecule has 0 aliphatic carbocycles. The Balaban J connectivity index is 2.26. The van der Waals surface area contributed by atoms with Crippen molar-refractivity contribution < 1.29 is 17.5 Å². The summed E-state index contributed by atoms with van der Waals surface area (Å²) in [6, 6.07) is 2.23. The molecule has 3 N–H and O–H groups in total. The van der Waals surface area contributed by atoms with E-state index in [9.17, 15) is 12.8 Å². The largest absolute Gasteiger partial charge is 0.399 e. The van der Waals surface area contributed by atoms with Crippen LogP contribution in [0.25, 0.3) is 0 Å². The van der Waals surface area contributed by atoms with Gasteiger partial charge in [-0.3, -0.25) is 0 Å². The van der Waals surface area contributed by atoms with Crippen molar-refractivity contribution in [1.82, 2.24) is 4.72 Å². The van der Waals surface area contributed by atoms with E-state index in [1.165, 1.54) is 13.0 Å². The van der Waals surface area contributed by atoms with Crippen molar-refractivity contribution in [1.29, 1.82) is 0 Å². The van der Waals surface area contributed by atoms with Gasteiger partial charge in [-0.1, -0.05) is 0 Å². The van der Waals surface area contributed by atoms with Crippen molar-refractivity contribution in [3.8, 4) is 0 Å². The number of aryl methyl sites for hydroxylation is 1. The average Bonchev–Trinajstić information content (AvgIpc) is 2.86. The Labute approximate surface area is 118 Å². The lowest BCUT2D eigenvalue weighted by molar-refractivity contribution is 0.180. The van der Waals surface area contributed by atoms with Gasteiger partial charge >= 0.3 is 0 Å². The highest BCUT2D eigenvalue weighted by Gasteiger charge is 2.28. The number of ether oxygens (including phenoxy) is 1. The molecule has 2 rings (SSSR count). The molecule has 0 amide bonds.